The van der Waals surface area contributed by atoms with E-state index in [0.717, 1.165) is 12.8 Å². The minimum absolute atomic E-state index is 0.0424. The second-order valence-electron chi connectivity index (χ2n) is 9.03. The molecule has 1 amide bonds. The number of guanidine groups is 1. The molecule has 4 N–H and O–H groups in total. The molecule has 6 unspecified atom stereocenters. The predicted octanol–water partition coefficient (Wildman–Crippen LogP) is 2.75. The SMILES string of the molecule is COC1CCC(C(=O)N/C(=N\C2NNC(C(F)(F)F)C2C)NC2CC(F)CC(Cl)C2)CC1. The van der Waals surface area contributed by atoms with E-state index in [1.807, 2.05) is 0 Å². The van der Waals surface area contributed by atoms with Crippen LogP contribution in [-0.4, -0.2) is 61.1 Å². The van der Waals surface area contributed by atoms with Crippen LogP contribution in [0, 0.1) is 11.8 Å². The number of ether oxygens (including phenoxy) is 1. The minimum atomic E-state index is -4.44. The summed E-state index contributed by atoms with van der Waals surface area (Å²) in [6.45, 7) is 1.43. The number of halogens is 5. The Morgan fingerprint density at radius 2 is 1.81 bits per heavy atom. The second-order valence-corrected chi connectivity index (χ2v) is 9.65. The standard InChI is InChI=1S/C20H32ClF4N5O2/c1-10-16(20(23,24)25)29-30-17(10)27-19(26-14-8-12(21)7-13(22)9-14)28-18(31)11-3-5-15(32-2)6-4-11/h10-17,29-30H,3-9H2,1-2H3,(H2,26,27,28,31). The van der Waals surface area contributed by atoms with Crippen LogP contribution < -0.4 is 21.5 Å². The number of aliphatic imine (C=N–C) groups is 1. The molecule has 3 aliphatic rings. The first-order valence-corrected chi connectivity index (χ1v) is 11.5. The molecule has 3 rings (SSSR count). The Hall–Kier alpha value is -1.17. The fourth-order valence-electron chi connectivity index (χ4n) is 4.67. The van der Waals surface area contributed by atoms with E-state index in [1.54, 1.807) is 7.11 Å². The van der Waals surface area contributed by atoms with Crippen LogP contribution in [0.2, 0.25) is 0 Å². The zero-order chi connectivity index (χ0) is 23.5. The number of rotatable bonds is 4. The van der Waals surface area contributed by atoms with Crippen LogP contribution in [0.3, 0.4) is 0 Å². The Kier molecular flexibility index (Phi) is 8.62. The molecule has 6 atom stereocenters. The van der Waals surface area contributed by atoms with Crippen molar-refractivity contribution in [2.24, 2.45) is 16.8 Å². The highest BCUT2D eigenvalue weighted by Gasteiger charge is 2.49. The third kappa shape index (κ3) is 6.68. The van der Waals surface area contributed by atoms with Gasteiger partial charge in [0.25, 0.3) is 0 Å². The molecule has 12 heteroatoms. The summed E-state index contributed by atoms with van der Waals surface area (Å²) in [6, 6.07) is -2.15. The summed E-state index contributed by atoms with van der Waals surface area (Å²) in [7, 11) is 1.64. The number of amides is 1. The van der Waals surface area contributed by atoms with Gasteiger partial charge in [-0.3, -0.25) is 10.1 Å². The molecule has 0 radical (unpaired) electrons. The molecule has 0 spiro atoms. The van der Waals surface area contributed by atoms with Crippen LogP contribution in [0.4, 0.5) is 17.6 Å². The van der Waals surface area contributed by atoms with Crippen molar-refractivity contribution in [3.63, 3.8) is 0 Å². The normalized spacial score (nSPS) is 39.0. The lowest BCUT2D eigenvalue weighted by Crippen LogP contribution is -2.51. The number of hydrogen-bond donors (Lipinski definition) is 4. The molecule has 2 aliphatic carbocycles. The summed E-state index contributed by atoms with van der Waals surface area (Å²) in [5.74, 6) is -1.38. The number of methoxy groups -OCH3 is 1. The lowest BCUT2D eigenvalue weighted by Gasteiger charge is -2.31. The Labute approximate surface area is 190 Å². The number of nitrogens with zero attached hydrogens (tertiary/aromatic N) is 1. The molecular weight excluding hydrogens is 454 g/mol. The zero-order valence-electron chi connectivity index (χ0n) is 18.2. The number of carbonyl (C=O) groups is 1. The molecule has 0 aromatic rings. The van der Waals surface area contributed by atoms with Crippen LogP contribution in [0.25, 0.3) is 0 Å². The van der Waals surface area contributed by atoms with Gasteiger partial charge in [-0.05, 0) is 44.9 Å². The summed E-state index contributed by atoms with van der Waals surface area (Å²) in [5, 5.41) is 5.41. The first-order chi connectivity index (χ1) is 15.1. The van der Waals surface area contributed by atoms with Crippen LogP contribution >= 0.6 is 11.6 Å². The highest BCUT2D eigenvalue weighted by Crippen LogP contribution is 2.31. The maximum absolute atomic E-state index is 14.0. The van der Waals surface area contributed by atoms with E-state index < -0.39 is 30.5 Å². The predicted molar refractivity (Wildman–Crippen MR) is 113 cm³/mol. The number of hydrogen-bond acceptors (Lipinski definition) is 5. The molecule has 1 saturated heterocycles. The number of nitrogens with one attached hydrogen (secondary N) is 4. The van der Waals surface area contributed by atoms with E-state index in [1.165, 1.54) is 6.92 Å². The summed E-state index contributed by atoms with van der Waals surface area (Å²) in [4.78, 5) is 17.2. The van der Waals surface area contributed by atoms with Crippen molar-refractivity contribution in [3.8, 4) is 0 Å². The highest BCUT2D eigenvalue weighted by molar-refractivity contribution is 6.20. The molecule has 0 bridgehead atoms. The summed E-state index contributed by atoms with van der Waals surface area (Å²) in [6.07, 6.45) is -2.62. The average Bonchev–Trinajstić information content (AvgIpc) is 3.07. The van der Waals surface area contributed by atoms with E-state index in [0.29, 0.717) is 19.3 Å². The maximum Gasteiger partial charge on any atom is 0.405 e. The van der Waals surface area contributed by atoms with Crippen molar-refractivity contribution in [2.75, 3.05) is 7.11 Å². The van der Waals surface area contributed by atoms with Crippen molar-refractivity contribution in [2.45, 2.75) is 93.9 Å². The smallest absolute Gasteiger partial charge is 0.381 e. The number of carbonyl (C=O) groups excluding carboxylic acids is 1. The lowest BCUT2D eigenvalue weighted by molar-refractivity contribution is -0.160. The van der Waals surface area contributed by atoms with Gasteiger partial charge in [0.05, 0.1) is 6.10 Å². The molecule has 2 saturated carbocycles. The van der Waals surface area contributed by atoms with Gasteiger partial charge in [-0.15, -0.1) is 11.6 Å². The van der Waals surface area contributed by atoms with Crippen molar-refractivity contribution >= 4 is 23.5 Å². The van der Waals surface area contributed by atoms with E-state index in [4.69, 9.17) is 16.3 Å². The van der Waals surface area contributed by atoms with Crippen LogP contribution in [-0.2, 0) is 9.53 Å². The Morgan fingerprint density at radius 1 is 1.12 bits per heavy atom. The van der Waals surface area contributed by atoms with Gasteiger partial charge in [-0.2, -0.15) is 13.2 Å². The van der Waals surface area contributed by atoms with Crippen LogP contribution in [0.15, 0.2) is 4.99 Å². The Bertz CT molecular complexity index is 665. The molecule has 3 fully saturated rings. The summed E-state index contributed by atoms with van der Waals surface area (Å²) >= 11 is 6.14. The fraction of sp³-hybridized carbons (Fsp3) is 0.900. The monoisotopic (exact) mass is 485 g/mol. The molecular formula is C20H32ClF4N5O2. The van der Waals surface area contributed by atoms with Gasteiger partial charge in [0.2, 0.25) is 5.91 Å². The fourth-order valence-corrected chi connectivity index (χ4v) is 5.08. The first kappa shape index (κ1) is 25.5. The quantitative estimate of drug-likeness (QED) is 0.213. The van der Waals surface area contributed by atoms with Crippen molar-refractivity contribution in [1.29, 1.82) is 0 Å². The van der Waals surface area contributed by atoms with Crippen molar-refractivity contribution in [3.05, 3.63) is 0 Å². The van der Waals surface area contributed by atoms with Gasteiger partial charge >= 0.3 is 6.18 Å². The van der Waals surface area contributed by atoms with Gasteiger partial charge < -0.3 is 10.1 Å². The summed E-state index contributed by atoms with van der Waals surface area (Å²) < 4.78 is 58.9. The number of alkyl halides is 5. The Morgan fingerprint density at radius 3 is 2.38 bits per heavy atom. The largest absolute Gasteiger partial charge is 0.405 e. The van der Waals surface area contributed by atoms with Gasteiger partial charge in [-0.25, -0.2) is 20.2 Å². The molecule has 1 heterocycles. The van der Waals surface area contributed by atoms with Gasteiger partial charge in [0, 0.05) is 30.4 Å². The van der Waals surface area contributed by atoms with E-state index >= 15 is 0 Å². The van der Waals surface area contributed by atoms with Gasteiger partial charge in [0.15, 0.2) is 5.96 Å². The lowest BCUT2D eigenvalue weighted by atomic mass is 9.87. The second kappa shape index (κ2) is 10.8. The van der Waals surface area contributed by atoms with E-state index in [9.17, 15) is 22.4 Å². The maximum atomic E-state index is 14.0. The topological polar surface area (TPSA) is 86.8 Å². The van der Waals surface area contributed by atoms with Crippen LogP contribution in [0.5, 0.6) is 0 Å². The number of hydrazine groups is 1. The third-order valence-corrected chi connectivity index (χ3v) is 6.94. The van der Waals surface area contributed by atoms with Crippen molar-refractivity contribution < 1.29 is 27.1 Å². The minimum Gasteiger partial charge on any atom is -0.381 e. The molecule has 1 aliphatic heterocycles. The van der Waals surface area contributed by atoms with Crippen molar-refractivity contribution in [1.82, 2.24) is 21.5 Å². The Balaban J connectivity index is 1.71. The van der Waals surface area contributed by atoms with E-state index in [-0.39, 0.29) is 48.1 Å². The van der Waals surface area contributed by atoms with Crippen LogP contribution in [0.1, 0.15) is 51.9 Å². The van der Waals surface area contributed by atoms with Gasteiger partial charge in [-0.1, -0.05) is 6.92 Å². The first-order valence-electron chi connectivity index (χ1n) is 11.1. The van der Waals surface area contributed by atoms with E-state index in [2.05, 4.69) is 26.5 Å². The molecule has 7 nitrogen and oxygen atoms in total. The average molecular weight is 486 g/mol. The third-order valence-electron chi connectivity index (χ3n) is 6.58. The molecule has 0 aromatic carbocycles. The molecule has 0 aromatic heterocycles. The molecule has 32 heavy (non-hydrogen) atoms. The summed E-state index contributed by atoms with van der Waals surface area (Å²) in [5.41, 5.74) is 4.78. The van der Waals surface area contributed by atoms with Gasteiger partial charge in [0.1, 0.15) is 18.4 Å². The highest BCUT2D eigenvalue weighted by atomic mass is 35.5. The zero-order valence-corrected chi connectivity index (χ0v) is 19.0. The molecule has 184 valence electrons.